The molecule has 31 heavy (non-hydrogen) atoms. The van der Waals surface area contributed by atoms with Gasteiger partial charge in [0.25, 0.3) is 0 Å². The fraction of sp³-hybridized carbons (Fsp3) is 0.250. The van der Waals surface area contributed by atoms with Gasteiger partial charge in [-0.15, -0.1) is 0 Å². The molecule has 0 spiro atoms. The number of pyridine rings is 1. The first-order valence-electron chi connectivity index (χ1n) is 10.3. The van der Waals surface area contributed by atoms with Gasteiger partial charge in [0.05, 0.1) is 10.7 Å². The molecule has 5 nitrogen and oxygen atoms in total. The summed E-state index contributed by atoms with van der Waals surface area (Å²) >= 11 is 12.6. The van der Waals surface area contributed by atoms with Gasteiger partial charge in [-0.1, -0.05) is 59.6 Å². The Hall–Kier alpha value is -2.76. The molecule has 7 heteroatoms. The number of amides is 2. The number of hydrogen-bond acceptors (Lipinski definition) is 3. The van der Waals surface area contributed by atoms with Crippen LogP contribution in [0.3, 0.4) is 0 Å². The zero-order valence-electron chi connectivity index (χ0n) is 17.1. The minimum Gasteiger partial charge on any atom is -0.368 e. The number of anilines is 2. The summed E-state index contributed by atoms with van der Waals surface area (Å²) in [6, 6.07) is 17.4. The highest BCUT2D eigenvalue weighted by molar-refractivity contribution is 6.33. The summed E-state index contributed by atoms with van der Waals surface area (Å²) in [4.78, 5) is 21.2. The standard InChI is InChI=1S/C24H24Cl2N4O/c25-20-8-4-9-21(15-20)28-24(31)30-11-5-10-29(12-13-30)23-19(16-27-17-22(23)26)14-18-6-2-1-3-7-18/h1-4,6-9,15-17H,5,10-14H2,(H,28,31). The molecule has 1 saturated heterocycles. The molecule has 2 heterocycles. The van der Waals surface area contributed by atoms with Crippen LogP contribution in [0.15, 0.2) is 67.0 Å². The van der Waals surface area contributed by atoms with Gasteiger partial charge in [-0.05, 0) is 35.7 Å². The number of halogens is 2. The minimum absolute atomic E-state index is 0.116. The lowest BCUT2D eigenvalue weighted by molar-refractivity contribution is 0.215. The van der Waals surface area contributed by atoms with E-state index in [1.165, 1.54) is 5.56 Å². The van der Waals surface area contributed by atoms with Crippen LogP contribution in [0.2, 0.25) is 10.0 Å². The Labute approximate surface area is 192 Å². The number of aromatic nitrogens is 1. The van der Waals surface area contributed by atoms with Crippen LogP contribution in [-0.2, 0) is 6.42 Å². The molecule has 4 rings (SSSR count). The Balaban J connectivity index is 1.47. The van der Waals surface area contributed by atoms with Crippen molar-refractivity contribution in [2.24, 2.45) is 0 Å². The smallest absolute Gasteiger partial charge is 0.321 e. The van der Waals surface area contributed by atoms with Gasteiger partial charge in [0.2, 0.25) is 0 Å². The van der Waals surface area contributed by atoms with Crippen molar-refractivity contribution in [2.75, 3.05) is 36.4 Å². The molecule has 1 aliphatic heterocycles. The third-order valence-electron chi connectivity index (χ3n) is 5.36. The molecule has 1 aromatic heterocycles. The number of carbonyl (C=O) groups is 1. The first-order chi connectivity index (χ1) is 15.1. The summed E-state index contributed by atoms with van der Waals surface area (Å²) in [7, 11) is 0. The predicted molar refractivity (Wildman–Crippen MR) is 127 cm³/mol. The topological polar surface area (TPSA) is 48.5 Å². The number of nitrogens with zero attached hydrogens (tertiary/aromatic N) is 3. The lowest BCUT2D eigenvalue weighted by Gasteiger charge is -2.27. The van der Waals surface area contributed by atoms with Crippen LogP contribution in [0.1, 0.15) is 17.5 Å². The van der Waals surface area contributed by atoms with Crippen LogP contribution in [-0.4, -0.2) is 42.1 Å². The Kier molecular flexibility index (Phi) is 6.95. The Morgan fingerprint density at radius 1 is 0.968 bits per heavy atom. The van der Waals surface area contributed by atoms with Crippen LogP contribution in [0.4, 0.5) is 16.2 Å². The lowest BCUT2D eigenvalue weighted by Crippen LogP contribution is -2.38. The van der Waals surface area contributed by atoms with E-state index in [1.54, 1.807) is 18.3 Å². The molecule has 0 unspecified atom stereocenters. The fourth-order valence-electron chi connectivity index (χ4n) is 3.88. The second-order valence-corrected chi connectivity index (χ2v) is 8.40. The monoisotopic (exact) mass is 454 g/mol. The molecule has 3 aromatic rings. The van der Waals surface area contributed by atoms with Gasteiger partial charge in [0.1, 0.15) is 0 Å². The molecule has 2 amide bonds. The average Bonchev–Trinajstić information content (AvgIpc) is 3.01. The van der Waals surface area contributed by atoms with Gasteiger partial charge in [-0.25, -0.2) is 4.79 Å². The maximum Gasteiger partial charge on any atom is 0.321 e. The summed E-state index contributed by atoms with van der Waals surface area (Å²) < 4.78 is 0. The summed E-state index contributed by atoms with van der Waals surface area (Å²) in [5.41, 5.74) is 4.01. The molecular weight excluding hydrogens is 431 g/mol. The van der Waals surface area contributed by atoms with Crippen molar-refractivity contribution < 1.29 is 4.79 Å². The Bertz CT molecular complexity index is 1040. The van der Waals surface area contributed by atoms with E-state index >= 15 is 0 Å². The maximum atomic E-state index is 12.8. The van der Waals surface area contributed by atoms with Crippen molar-refractivity contribution in [3.63, 3.8) is 0 Å². The summed E-state index contributed by atoms with van der Waals surface area (Å²) in [5.74, 6) is 0. The van der Waals surface area contributed by atoms with Gasteiger partial charge < -0.3 is 15.1 Å². The van der Waals surface area contributed by atoms with Crippen LogP contribution >= 0.6 is 23.2 Å². The van der Waals surface area contributed by atoms with E-state index in [4.69, 9.17) is 23.2 Å². The van der Waals surface area contributed by atoms with Crippen LogP contribution < -0.4 is 10.2 Å². The van der Waals surface area contributed by atoms with Crippen LogP contribution in [0.25, 0.3) is 0 Å². The van der Waals surface area contributed by atoms with Crippen LogP contribution in [0.5, 0.6) is 0 Å². The molecule has 0 bridgehead atoms. The molecule has 0 saturated carbocycles. The summed E-state index contributed by atoms with van der Waals surface area (Å²) in [5, 5.41) is 4.18. The lowest BCUT2D eigenvalue weighted by atomic mass is 10.0. The van der Waals surface area contributed by atoms with E-state index < -0.39 is 0 Å². The maximum absolute atomic E-state index is 12.8. The molecular formula is C24H24Cl2N4O. The first-order valence-corrected chi connectivity index (χ1v) is 11.1. The Morgan fingerprint density at radius 3 is 2.61 bits per heavy atom. The third kappa shape index (κ3) is 5.49. The molecule has 1 N–H and O–H groups in total. The van der Waals surface area contributed by atoms with E-state index in [2.05, 4.69) is 27.3 Å². The third-order valence-corrected chi connectivity index (χ3v) is 5.87. The van der Waals surface area contributed by atoms with Crippen molar-refractivity contribution in [1.82, 2.24) is 9.88 Å². The largest absolute Gasteiger partial charge is 0.368 e. The molecule has 160 valence electrons. The van der Waals surface area contributed by atoms with Crippen molar-refractivity contribution in [3.05, 3.63) is 88.2 Å². The number of nitrogens with one attached hydrogen (secondary N) is 1. The summed E-state index contributed by atoms with van der Waals surface area (Å²) in [6.07, 6.45) is 5.20. The van der Waals surface area contributed by atoms with Crippen molar-refractivity contribution in [2.45, 2.75) is 12.8 Å². The average molecular weight is 455 g/mol. The van der Waals surface area contributed by atoms with Gasteiger partial charge in [0, 0.05) is 55.7 Å². The minimum atomic E-state index is -0.116. The molecule has 1 aliphatic rings. The van der Waals surface area contributed by atoms with E-state index in [0.717, 1.165) is 30.6 Å². The second-order valence-electron chi connectivity index (χ2n) is 7.56. The second kappa shape index (κ2) is 10.0. The first kappa shape index (κ1) is 21.5. The molecule has 2 aromatic carbocycles. The zero-order valence-corrected chi connectivity index (χ0v) is 18.6. The highest BCUT2D eigenvalue weighted by Gasteiger charge is 2.22. The van der Waals surface area contributed by atoms with E-state index in [-0.39, 0.29) is 6.03 Å². The number of rotatable bonds is 4. The van der Waals surface area contributed by atoms with E-state index in [0.29, 0.717) is 35.4 Å². The van der Waals surface area contributed by atoms with Gasteiger partial charge in [-0.3, -0.25) is 4.98 Å². The van der Waals surface area contributed by atoms with E-state index in [1.807, 2.05) is 41.4 Å². The number of hydrogen-bond donors (Lipinski definition) is 1. The number of benzene rings is 2. The van der Waals surface area contributed by atoms with Gasteiger partial charge >= 0.3 is 6.03 Å². The molecule has 0 atom stereocenters. The molecule has 1 fully saturated rings. The highest BCUT2D eigenvalue weighted by Crippen LogP contribution is 2.31. The van der Waals surface area contributed by atoms with Gasteiger partial charge in [0.15, 0.2) is 0 Å². The van der Waals surface area contributed by atoms with Gasteiger partial charge in [-0.2, -0.15) is 0 Å². The summed E-state index contributed by atoms with van der Waals surface area (Å²) in [6.45, 7) is 2.82. The molecule has 0 aliphatic carbocycles. The van der Waals surface area contributed by atoms with E-state index in [9.17, 15) is 4.79 Å². The molecule has 0 radical (unpaired) electrons. The number of carbonyl (C=O) groups excluding carboxylic acids is 1. The Morgan fingerprint density at radius 2 is 1.81 bits per heavy atom. The number of urea groups is 1. The highest BCUT2D eigenvalue weighted by atomic mass is 35.5. The predicted octanol–water partition coefficient (Wildman–Crippen LogP) is 5.72. The van der Waals surface area contributed by atoms with Crippen molar-refractivity contribution in [3.8, 4) is 0 Å². The van der Waals surface area contributed by atoms with Crippen molar-refractivity contribution >= 4 is 40.6 Å². The quantitative estimate of drug-likeness (QED) is 0.547. The fourth-order valence-corrected chi connectivity index (χ4v) is 4.37. The SMILES string of the molecule is O=C(Nc1cccc(Cl)c1)N1CCCN(c2c(Cl)cncc2Cc2ccccc2)CC1. The zero-order chi connectivity index (χ0) is 21.6. The normalized spacial score (nSPS) is 14.3. The van der Waals surface area contributed by atoms with Crippen LogP contribution in [0, 0.1) is 0 Å². The van der Waals surface area contributed by atoms with Crippen molar-refractivity contribution in [1.29, 1.82) is 0 Å².